The molecule has 1 heterocycles. The molecule has 2 rings (SSSR count). The van der Waals surface area contributed by atoms with E-state index in [0.29, 0.717) is 12.2 Å². The number of benzene rings is 1. The van der Waals surface area contributed by atoms with Gasteiger partial charge in [0.2, 0.25) is 5.91 Å². The fraction of sp³-hybridized carbons (Fsp3) is 0.286. The zero-order valence-corrected chi connectivity index (χ0v) is 11.9. The Bertz CT molecular complexity index is 642. The maximum absolute atomic E-state index is 13.1. The van der Waals surface area contributed by atoms with E-state index in [9.17, 15) is 9.18 Å². The molecule has 1 aromatic carbocycles. The summed E-state index contributed by atoms with van der Waals surface area (Å²) in [5, 5.41) is 6.44. The van der Waals surface area contributed by atoms with Crippen LogP contribution in [0.2, 0.25) is 0 Å². The number of aromatic nitrogens is 1. The molecule has 1 amide bonds. The number of aryl methyl sites for hydroxylation is 1. The van der Waals surface area contributed by atoms with Crippen molar-refractivity contribution in [2.45, 2.75) is 13.5 Å². The van der Waals surface area contributed by atoms with Gasteiger partial charge in [-0.1, -0.05) is 5.16 Å². The molecule has 0 atom stereocenters. The Labute approximate surface area is 121 Å². The summed E-state index contributed by atoms with van der Waals surface area (Å²) in [5.41, 5.74) is 7.01. The average molecular weight is 292 g/mol. The van der Waals surface area contributed by atoms with Crippen molar-refractivity contribution in [2.75, 3.05) is 24.6 Å². The highest BCUT2D eigenvalue weighted by molar-refractivity contribution is 5.95. The third-order valence-electron chi connectivity index (χ3n) is 2.81. The lowest BCUT2D eigenvalue weighted by molar-refractivity contribution is -0.117. The van der Waals surface area contributed by atoms with Crippen LogP contribution < -0.4 is 11.1 Å². The SMILES string of the molecule is Cc1cc(CN(C)CC(=O)Nc2cc(F)ccc2N)no1. The minimum Gasteiger partial charge on any atom is -0.397 e. The minimum atomic E-state index is -0.453. The van der Waals surface area contributed by atoms with E-state index in [1.54, 1.807) is 24.9 Å². The van der Waals surface area contributed by atoms with Crippen LogP contribution in [-0.4, -0.2) is 29.6 Å². The molecule has 112 valence electrons. The normalized spacial score (nSPS) is 10.9. The van der Waals surface area contributed by atoms with E-state index in [1.807, 2.05) is 0 Å². The van der Waals surface area contributed by atoms with Gasteiger partial charge >= 0.3 is 0 Å². The number of carbonyl (C=O) groups is 1. The monoisotopic (exact) mass is 292 g/mol. The predicted octanol–water partition coefficient (Wildman–Crippen LogP) is 1.77. The summed E-state index contributed by atoms with van der Waals surface area (Å²) in [6.45, 7) is 2.40. The molecule has 0 aliphatic heterocycles. The standard InChI is InChI=1S/C14H17FN4O2/c1-9-5-11(18-21-9)7-19(2)8-14(20)17-13-6-10(15)3-4-12(13)16/h3-6H,7-8,16H2,1-2H3,(H,17,20). The lowest BCUT2D eigenvalue weighted by Gasteiger charge is -2.15. The Morgan fingerprint density at radius 1 is 1.48 bits per heavy atom. The summed E-state index contributed by atoms with van der Waals surface area (Å²) in [5.74, 6) is -0.0173. The average Bonchev–Trinajstić information content (AvgIpc) is 2.79. The van der Waals surface area contributed by atoms with Crippen LogP contribution in [0.15, 0.2) is 28.8 Å². The largest absolute Gasteiger partial charge is 0.397 e. The summed E-state index contributed by atoms with van der Waals surface area (Å²) in [6.07, 6.45) is 0. The summed E-state index contributed by atoms with van der Waals surface area (Å²) in [7, 11) is 1.78. The summed E-state index contributed by atoms with van der Waals surface area (Å²) in [6, 6.07) is 5.64. The van der Waals surface area contributed by atoms with Crippen molar-refractivity contribution in [1.82, 2.24) is 10.1 Å². The molecule has 3 N–H and O–H groups in total. The lowest BCUT2D eigenvalue weighted by Crippen LogP contribution is -2.30. The molecule has 2 aromatic rings. The number of nitrogens with zero attached hydrogens (tertiary/aromatic N) is 2. The second-order valence-electron chi connectivity index (χ2n) is 4.88. The molecule has 0 spiro atoms. The van der Waals surface area contributed by atoms with Gasteiger partial charge in [-0.2, -0.15) is 0 Å². The van der Waals surface area contributed by atoms with Gasteiger partial charge < -0.3 is 15.6 Å². The highest BCUT2D eigenvalue weighted by atomic mass is 19.1. The number of hydrogen-bond acceptors (Lipinski definition) is 5. The van der Waals surface area contributed by atoms with E-state index in [4.69, 9.17) is 10.3 Å². The maximum atomic E-state index is 13.1. The quantitative estimate of drug-likeness (QED) is 0.821. The van der Waals surface area contributed by atoms with E-state index in [2.05, 4.69) is 10.5 Å². The second-order valence-corrected chi connectivity index (χ2v) is 4.88. The minimum absolute atomic E-state index is 0.127. The molecule has 0 aliphatic carbocycles. The number of nitrogens with one attached hydrogen (secondary N) is 1. The fourth-order valence-corrected chi connectivity index (χ4v) is 1.90. The van der Waals surface area contributed by atoms with Crippen molar-refractivity contribution in [1.29, 1.82) is 0 Å². The van der Waals surface area contributed by atoms with Crippen LogP contribution in [0.5, 0.6) is 0 Å². The van der Waals surface area contributed by atoms with Crippen molar-refractivity contribution >= 4 is 17.3 Å². The van der Waals surface area contributed by atoms with Crippen LogP contribution in [0.3, 0.4) is 0 Å². The van der Waals surface area contributed by atoms with Crippen molar-refractivity contribution < 1.29 is 13.7 Å². The van der Waals surface area contributed by atoms with Gasteiger partial charge in [-0.3, -0.25) is 9.69 Å². The number of carbonyl (C=O) groups excluding carboxylic acids is 1. The maximum Gasteiger partial charge on any atom is 0.238 e. The van der Waals surface area contributed by atoms with Gasteiger partial charge in [-0.15, -0.1) is 0 Å². The van der Waals surface area contributed by atoms with E-state index < -0.39 is 5.82 Å². The number of amides is 1. The van der Waals surface area contributed by atoms with Gasteiger partial charge in [0.05, 0.1) is 23.6 Å². The van der Waals surface area contributed by atoms with Crippen LogP contribution in [0.1, 0.15) is 11.5 Å². The van der Waals surface area contributed by atoms with Crippen LogP contribution >= 0.6 is 0 Å². The summed E-state index contributed by atoms with van der Waals surface area (Å²) < 4.78 is 18.1. The third kappa shape index (κ3) is 4.28. The van der Waals surface area contributed by atoms with Crippen LogP contribution in [0.25, 0.3) is 0 Å². The molecule has 7 heteroatoms. The Kier molecular flexibility index (Phi) is 4.54. The smallest absolute Gasteiger partial charge is 0.238 e. The highest BCUT2D eigenvalue weighted by Crippen LogP contribution is 2.19. The number of rotatable bonds is 5. The second kappa shape index (κ2) is 6.36. The molecule has 0 aliphatic rings. The zero-order valence-electron chi connectivity index (χ0n) is 11.9. The van der Waals surface area contributed by atoms with Gasteiger partial charge in [0, 0.05) is 12.6 Å². The van der Waals surface area contributed by atoms with Gasteiger partial charge in [0.15, 0.2) is 0 Å². The molecular weight excluding hydrogens is 275 g/mol. The first-order valence-electron chi connectivity index (χ1n) is 6.39. The van der Waals surface area contributed by atoms with E-state index in [1.165, 1.54) is 18.2 Å². The first-order chi connectivity index (χ1) is 9.94. The van der Waals surface area contributed by atoms with E-state index in [0.717, 1.165) is 11.5 Å². The molecular formula is C14H17FN4O2. The highest BCUT2D eigenvalue weighted by Gasteiger charge is 2.11. The van der Waals surface area contributed by atoms with Crippen molar-refractivity contribution in [3.8, 4) is 0 Å². The van der Waals surface area contributed by atoms with Gasteiger partial charge in [0.25, 0.3) is 0 Å². The third-order valence-corrected chi connectivity index (χ3v) is 2.81. The van der Waals surface area contributed by atoms with Crippen LogP contribution in [0.4, 0.5) is 15.8 Å². The van der Waals surface area contributed by atoms with Gasteiger partial charge in [-0.25, -0.2) is 4.39 Å². The van der Waals surface area contributed by atoms with Gasteiger partial charge in [0.1, 0.15) is 11.6 Å². The molecule has 1 aromatic heterocycles. The summed E-state index contributed by atoms with van der Waals surface area (Å²) >= 11 is 0. The summed E-state index contributed by atoms with van der Waals surface area (Å²) in [4.78, 5) is 13.7. The topological polar surface area (TPSA) is 84.4 Å². The molecule has 0 saturated heterocycles. The first-order valence-corrected chi connectivity index (χ1v) is 6.39. The number of anilines is 2. The lowest BCUT2D eigenvalue weighted by atomic mass is 10.2. The number of halogens is 1. The Morgan fingerprint density at radius 2 is 2.24 bits per heavy atom. The molecule has 0 saturated carbocycles. The fourth-order valence-electron chi connectivity index (χ4n) is 1.90. The molecule has 0 bridgehead atoms. The molecule has 0 fully saturated rings. The van der Waals surface area contributed by atoms with Crippen LogP contribution in [-0.2, 0) is 11.3 Å². The number of hydrogen-bond donors (Lipinski definition) is 2. The Balaban J connectivity index is 1.90. The first kappa shape index (κ1) is 15.0. The van der Waals surface area contributed by atoms with Crippen LogP contribution in [0, 0.1) is 12.7 Å². The number of nitrogen functional groups attached to an aromatic ring is 1. The molecule has 6 nitrogen and oxygen atoms in total. The van der Waals surface area contributed by atoms with Crippen molar-refractivity contribution in [3.63, 3.8) is 0 Å². The molecule has 0 radical (unpaired) electrons. The Morgan fingerprint density at radius 3 is 2.90 bits per heavy atom. The molecule has 0 unspecified atom stereocenters. The van der Waals surface area contributed by atoms with E-state index in [-0.39, 0.29) is 18.1 Å². The Hall–Kier alpha value is -2.41. The number of nitrogens with two attached hydrogens (primary N) is 1. The van der Waals surface area contributed by atoms with Crippen molar-refractivity contribution in [2.24, 2.45) is 0 Å². The predicted molar refractivity (Wildman–Crippen MR) is 77.0 cm³/mol. The zero-order chi connectivity index (χ0) is 15.4. The molecule has 21 heavy (non-hydrogen) atoms. The van der Waals surface area contributed by atoms with Gasteiger partial charge in [-0.05, 0) is 32.2 Å². The number of likely N-dealkylation sites (N-methyl/N-ethyl adjacent to an activating group) is 1. The van der Waals surface area contributed by atoms with E-state index >= 15 is 0 Å². The van der Waals surface area contributed by atoms with Crippen molar-refractivity contribution in [3.05, 3.63) is 41.5 Å².